The van der Waals surface area contributed by atoms with E-state index in [0.717, 1.165) is 5.39 Å². The molecular formula is C15H12BrCl2N5O2. The molecule has 1 aliphatic heterocycles. The van der Waals surface area contributed by atoms with Crippen LogP contribution in [-0.4, -0.2) is 51.7 Å². The third-order valence-corrected chi connectivity index (χ3v) is 5.41. The van der Waals surface area contributed by atoms with E-state index in [1.165, 1.54) is 4.90 Å². The van der Waals surface area contributed by atoms with Gasteiger partial charge in [0.2, 0.25) is 5.28 Å². The first kappa shape index (κ1) is 18.0. The highest BCUT2D eigenvalue weighted by Gasteiger charge is 2.31. The number of nitriles is 1. The van der Waals surface area contributed by atoms with Crippen LogP contribution in [-0.2, 0) is 0 Å². The monoisotopic (exact) mass is 443 g/mol. The van der Waals surface area contributed by atoms with Gasteiger partial charge in [0, 0.05) is 29.5 Å². The number of benzene rings is 1. The van der Waals surface area contributed by atoms with Crippen LogP contribution in [0.15, 0.2) is 16.6 Å². The summed E-state index contributed by atoms with van der Waals surface area (Å²) in [5.74, 6) is 0.581. The smallest absolute Gasteiger partial charge is 0.407 e. The number of hydrogen-bond acceptors (Lipinski definition) is 5. The Morgan fingerprint density at radius 1 is 1.40 bits per heavy atom. The summed E-state index contributed by atoms with van der Waals surface area (Å²) in [6, 6.07) is 5.11. The molecule has 1 N–H and O–H groups in total. The van der Waals surface area contributed by atoms with Crippen molar-refractivity contribution >= 4 is 61.9 Å². The summed E-state index contributed by atoms with van der Waals surface area (Å²) < 4.78 is 0.695. The lowest BCUT2D eigenvalue weighted by Crippen LogP contribution is -2.55. The SMILES string of the molecule is N#CCC1CN(c2nc(Cl)nc3cc(Br)c(Cl)cc23)CCN1C(=O)O. The number of halogens is 3. The average Bonchev–Trinajstić information content (AvgIpc) is 2.56. The molecule has 1 atom stereocenters. The summed E-state index contributed by atoms with van der Waals surface area (Å²) in [5, 5.41) is 19.6. The fraction of sp³-hybridized carbons (Fsp3) is 0.333. The first-order valence-corrected chi connectivity index (χ1v) is 8.89. The van der Waals surface area contributed by atoms with Crippen LogP contribution in [0.2, 0.25) is 10.3 Å². The van der Waals surface area contributed by atoms with Crippen molar-refractivity contribution in [2.45, 2.75) is 12.5 Å². The molecule has 0 bridgehead atoms. The van der Waals surface area contributed by atoms with Gasteiger partial charge in [0.1, 0.15) is 5.82 Å². The molecule has 0 aliphatic carbocycles. The molecule has 25 heavy (non-hydrogen) atoms. The van der Waals surface area contributed by atoms with E-state index in [-0.39, 0.29) is 18.2 Å². The Morgan fingerprint density at radius 2 is 2.16 bits per heavy atom. The first-order valence-electron chi connectivity index (χ1n) is 7.34. The van der Waals surface area contributed by atoms with Gasteiger partial charge in [-0.25, -0.2) is 9.78 Å². The third kappa shape index (κ3) is 3.59. The first-order chi connectivity index (χ1) is 11.9. The molecule has 1 aromatic carbocycles. The maximum Gasteiger partial charge on any atom is 0.407 e. The molecule has 2 aromatic rings. The molecular weight excluding hydrogens is 433 g/mol. The van der Waals surface area contributed by atoms with Crippen LogP contribution < -0.4 is 4.90 Å². The van der Waals surface area contributed by atoms with Crippen molar-refractivity contribution < 1.29 is 9.90 Å². The van der Waals surface area contributed by atoms with Gasteiger partial charge in [-0.1, -0.05) is 11.6 Å². The molecule has 1 fully saturated rings. The second-order valence-electron chi connectivity index (χ2n) is 5.54. The van der Waals surface area contributed by atoms with Crippen molar-refractivity contribution in [3.8, 4) is 6.07 Å². The number of carbonyl (C=O) groups is 1. The summed E-state index contributed by atoms with van der Waals surface area (Å²) in [6.07, 6.45) is -0.927. The molecule has 7 nitrogen and oxygen atoms in total. The van der Waals surface area contributed by atoms with E-state index in [1.54, 1.807) is 12.1 Å². The molecule has 130 valence electrons. The van der Waals surface area contributed by atoms with Crippen molar-refractivity contribution in [3.63, 3.8) is 0 Å². The normalized spacial score (nSPS) is 17.6. The molecule has 1 aromatic heterocycles. The summed E-state index contributed by atoms with van der Waals surface area (Å²) in [5.41, 5.74) is 0.628. The van der Waals surface area contributed by atoms with Crippen molar-refractivity contribution in [1.29, 1.82) is 5.26 Å². The van der Waals surface area contributed by atoms with E-state index < -0.39 is 12.1 Å². The lowest BCUT2D eigenvalue weighted by molar-refractivity contribution is 0.119. The summed E-state index contributed by atoms with van der Waals surface area (Å²) in [4.78, 5) is 23.1. The van der Waals surface area contributed by atoms with Crippen LogP contribution in [0, 0.1) is 11.3 Å². The Bertz CT molecular complexity index is 888. The average molecular weight is 445 g/mol. The second-order valence-corrected chi connectivity index (χ2v) is 7.14. The lowest BCUT2D eigenvalue weighted by Gasteiger charge is -2.39. The molecule has 1 aliphatic rings. The molecule has 1 amide bonds. The highest BCUT2D eigenvalue weighted by atomic mass is 79.9. The third-order valence-electron chi connectivity index (χ3n) is 4.05. The van der Waals surface area contributed by atoms with Gasteiger partial charge in [-0.3, -0.25) is 0 Å². The van der Waals surface area contributed by atoms with Crippen LogP contribution in [0.3, 0.4) is 0 Å². The van der Waals surface area contributed by atoms with E-state index in [1.807, 2.05) is 11.0 Å². The Hall–Kier alpha value is -1.82. The van der Waals surface area contributed by atoms with E-state index >= 15 is 0 Å². The largest absolute Gasteiger partial charge is 0.465 e. The highest BCUT2D eigenvalue weighted by molar-refractivity contribution is 9.10. The van der Waals surface area contributed by atoms with Crippen LogP contribution >= 0.6 is 39.1 Å². The topological polar surface area (TPSA) is 93.4 Å². The molecule has 10 heteroatoms. The standard InChI is InChI=1S/C15H12BrCl2N5O2/c16-10-6-12-9(5-11(10)17)13(21-14(18)20-12)22-3-4-23(15(24)25)8(7-22)1-2-19/h5-6,8H,1,3-4,7H2,(H,24,25). The summed E-state index contributed by atoms with van der Waals surface area (Å²) >= 11 is 15.6. The maximum atomic E-state index is 11.4. The number of amides is 1. The van der Waals surface area contributed by atoms with Gasteiger partial charge < -0.3 is 14.9 Å². The van der Waals surface area contributed by atoms with Crippen LogP contribution in [0.4, 0.5) is 10.6 Å². The van der Waals surface area contributed by atoms with Gasteiger partial charge in [0.25, 0.3) is 0 Å². The highest BCUT2D eigenvalue weighted by Crippen LogP contribution is 2.33. The fourth-order valence-corrected chi connectivity index (χ4v) is 3.57. The van der Waals surface area contributed by atoms with Gasteiger partial charge in [0.05, 0.1) is 29.1 Å². The zero-order valence-electron chi connectivity index (χ0n) is 12.8. The minimum absolute atomic E-state index is 0.0919. The number of aromatic nitrogens is 2. The van der Waals surface area contributed by atoms with Crippen molar-refractivity contribution in [2.75, 3.05) is 24.5 Å². The van der Waals surface area contributed by atoms with Crippen molar-refractivity contribution in [3.05, 3.63) is 26.9 Å². The van der Waals surface area contributed by atoms with Gasteiger partial charge in [-0.2, -0.15) is 10.2 Å². The van der Waals surface area contributed by atoms with Crippen LogP contribution in [0.5, 0.6) is 0 Å². The Labute approximate surface area is 161 Å². The van der Waals surface area contributed by atoms with E-state index in [4.69, 9.17) is 28.5 Å². The molecule has 3 rings (SSSR count). The Kier molecular flexibility index (Phi) is 5.18. The Balaban J connectivity index is 2.03. The fourth-order valence-electron chi connectivity index (χ4n) is 2.90. The number of carboxylic acid groups (broad SMARTS) is 1. The zero-order valence-corrected chi connectivity index (χ0v) is 15.9. The predicted molar refractivity (Wildman–Crippen MR) is 98.2 cm³/mol. The van der Waals surface area contributed by atoms with Gasteiger partial charge >= 0.3 is 6.09 Å². The van der Waals surface area contributed by atoms with Crippen molar-refractivity contribution in [2.24, 2.45) is 0 Å². The minimum atomic E-state index is -1.03. The summed E-state index contributed by atoms with van der Waals surface area (Å²) in [7, 11) is 0. The predicted octanol–water partition coefficient (Wildman–Crippen LogP) is 3.78. The second kappa shape index (κ2) is 7.20. The molecule has 0 saturated carbocycles. The number of piperazine rings is 1. The number of nitrogens with zero attached hydrogens (tertiary/aromatic N) is 5. The minimum Gasteiger partial charge on any atom is -0.465 e. The summed E-state index contributed by atoms with van der Waals surface area (Å²) in [6.45, 7) is 1.05. The quantitative estimate of drug-likeness (QED) is 0.708. The van der Waals surface area contributed by atoms with E-state index in [9.17, 15) is 9.90 Å². The molecule has 1 unspecified atom stereocenters. The number of hydrogen-bond donors (Lipinski definition) is 1. The Morgan fingerprint density at radius 3 is 2.84 bits per heavy atom. The lowest BCUT2D eigenvalue weighted by atomic mass is 10.1. The van der Waals surface area contributed by atoms with E-state index in [2.05, 4.69) is 25.9 Å². The van der Waals surface area contributed by atoms with Crippen LogP contribution in [0.25, 0.3) is 10.9 Å². The maximum absolute atomic E-state index is 11.4. The van der Waals surface area contributed by atoms with Crippen molar-refractivity contribution in [1.82, 2.24) is 14.9 Å². The molecule has 0 spiro atoms. The molecule has 2 heterocycles. The number of anilines is 1. The van der Waals surface area contributed by atoms with E-state index in [0.29, 0.717) is 33.9 Å². The number of rotatable bonds is 2. The van der Waals surface area contributed by atoms with Gasteiger partial charge in [-0.05, 0) is 39.7 Å². The zero-order chi connectivity index (χ0) is 18.1. The molecule has 1 saturated heterocycles. The number of fused-ring (bicyclic) bond motifs is 1. The van der Waals surface area contributed by atoms with Crippen LogP contribution in [0.1, 0.15) is 6.42 Å². The molecule has 0 radical (unpaired) electrons. The van der Waals surface area contributed by atoms with Gasteiger partial charge in [-0.15, -0.1) is 0 Å². The van der Waals surface area contributed by atoms with Gasteiger partial charge in [0.15, 0.2) is 0 Å².